The van der Waals surface area contributed by atoms with Crippen molar-refractivity contribution in [3.63, 3.8) is 0 Å². The van der Waals surface area contributed by atoms with E-state index in [1.54, 1.807) is 24.3 Å². The number of hydrazine groups is 1. The first kappa shape index (κ1) is 23.0. The van der Waals surface area contributed by atoms with Crippen LogP contribution >= 0.6 is 12.2 Å². The van der Waals surface area contributed by atoms with Gasteiger partial charge >= 0.3 is 0 Å². The number of nitrogens with one attached hydrogen (secondary N) is 3. The summed E-state index contributed by atoms with van der Waals surface area (Å²) in [5.41, 5.74) is 5.94. The van der Waals surface area contributed by atoms with Gasteiger partial charge in [0.15, 0.2) is 5.11 Å². The molecule has 0 radical (unpaired) electrons. The van der Waals surface area contributed by atoms with Gasteiger partial charge in [-0.25, -0.2) is 4.39 Å². The highest BCUT2D eigenvalue weighted by atomic mass is 32.1. The average Bonchev–Trinajstić information content (AvgIpc) is 2.72. The molecule has 0 aliphatic carbocycles. The molecule has 0 bridgehead atoms. The maximum absolute atomic E-state index is 12.9. The lowest BCUT2D eigenvalue weighted by atomic mass is 10.1. The van der Waals surface area contributed by atoms with Crippen LogP contribution in [0.25, 0.3) is 6.08 Å². The van der Waals surface area contributed by atoms with Crippen LogP contribution in [0.5, 0.6) is 5.75 Å². The van der Waals surface area contributed by atoms with Crippen molar-refractivity contribution in [1.29, 1.82) is 0 Å². The minimum absolute atomic E-state index is 0.0641. The number of rotatable bonds is 7. The van der Waals surface area contributed by atoms with Crippen LogP contribution in [0.4, 0.5) is 4.39 Å². The molecule has 158 valence electrons. The lowest BCUT2D eigenvalue weighted by Gasteiger charge is -2.11. The monoisotopic (exact) mass is 429 g/mol. The van der Waals surface area contributed by atoms with Gasteiger partial charge in [0, 0.05) is 11.6 Å². The van der Waals surface area contributed by atoms with Gasteiger partial charge in [0.25, 0.3) is 5.91 Å². The molecule has 2 aromatic carbocycles. The molecule has 0 unspecified atom stereocenters. The third-order valence-electron chi connectivity index (χ3n) is 3.90. The maximum Gasteiger partial charge on any atom is 0.269 e. The Morgan fingerprint density at radius 2 is 1.73 bits per heavy atom. The normalized spacial score (nSPS) is 10.7. The zero-order valence-corrected chi connectivity index (χ0v) is 17.6. The van der Waals surface area contributed by atoms with Gasteiger partial charge in [-0.1, -0.05) is 26.0 Å². The van der Waals surface area contributed by atoms with Crippen molar-refractivity contribution >= 4 is 35.2 Å². The summed E-state index contributed by atoms with van der Waals surface area (Å²) in [7, 11) is 0. The Labute approximate surface area is 180 Å². The van der Waals surface area contributed by atoms with E-state index in [1.807, 2.05) is 0 Å². The second kappa shape index (κ2) is 11.7. The van der Waals surface area contributed by atoms with Crippen LogP contribution < -0.4 is 20.9 Å². The number of hydrogen-bond acceptors (Lipinski definition) is 4. The third-order valence-corrected chi connectivity index (χ3v) is 4.11. The van der Waals surface area contributed by atoms with E-state index in [-0.39, 0.29) is 10.9 Å². The number of thiocarbonyl (C=S) groups is 1. The van der Waals surface area contributed by atoms with Gasteiger partial charge in [-0.15, -0.1) is 0 Å². The Balaban J connectivity index is 1.74. The van der Waals surface area contributed by atoms with Crippen molar-refractivity contribution in [2.75, 3.05) is 6.61 Å². The van der Waals surface area contributed by atoms with Crippen LogP contribution in [0.1, 0.15) is 36.2 Å². The molecule has 0 heterocycles. The first-order valence-electron chi connectivity index (χ1n) is 9.41. The molecule has 3 N–H and O–H groups in total. The van der Waals surface area contributed by atoms with Crippen molar-refractivity contribution in [3.8, 4) is 5.75 Å². The Hall–Kier alpha value is -3.26. The number of hydrogen-bond donors (Lipinski definition) is 3. The highest BCUT2D eigenvalue weighted by Crippen LogP contribution is 2.13. The summed E-state index contributed by atoms with van der Waals surface area (Å²) in [5, 5.41) is 2.33. The summed E-state index contributed by atoms with van der Waals surface area (Å²) >= 11 is 4.97. The molecule has 0 aliphatic heterocycles. The van der Waals surface area contributed by atoms with E-state index in [2.05, 4.69) is 30.0 Å². The van der Waals surface area contributed by atoms with Gasteiger partial charge in [-0.3, -0.25) is 25.8 Å². The zero-order valence-electron chi connectivity index (χ0n) is 16.8. The third kappa shape index (κ3) is 8.40. The predicted octanol–water partition coefficient (Wildman–Crippen LogP) is 3.60. The number of amides is 2. The van der Waals surface area contributed by atoms with Crippen molar-refractivity contribution in [2.45, 2.75) is 20.3 Å². The Morgan fingerprint density at radius 3 is 2.37 bits per heavy atom. The summed E-state index contributed by atoms with van der Waals surface area (Å²) in [6.07, 6.45) is 3.72. The van der Waals surface area contributed by atoms with E-state index in [1.165, 1.54) is 36.4 Å². The van der Waals surface area contributed by atoms with Gasteiger partial charge in [0.2, 0.25) is 5.91 Å². The molecule has 0 saturated carbocycles. The van der Waals surface area contributed by atoms with Gasteiger partial charge in [-0.2, -0.15) is 0 Å². The molecular weight excluding hydrogens is 405 g/mol. The highest BCUT2D eigenvalue weighted by molar-refractivity contribution is 7.80. The summed E-state index contributed by atoms with van der Waals surface area (Å²) in [6.45, 7) is 4.87. The molecule has 0 fully saturated rings. The molecule has 8 heteroatoms. The Morgan fingerprint density at radius 1 is 1.07 bits per heavy atom. The fourth-order valence-electron chi connectivity index (χ4n) is 2.23. The molecule has 2 amide bonds. The van der Waals surface area contributed by atoms with Crippen LogP contribution in [0, 0.1) is 11.7 Å². The number of benzene rings is 2. The van der Waals surface area contributed by atoms with Crippen LogP contribution in [0.3, 0.4) is 0 Å². The Kier molecular flexibility index (Phi) is 8.96. The molecule has 2 aromatic rings. The molecule has 0 spiro atoms. The molecule has 6 nitrogen and oxygen atoms in total. The van der Waals surface area contributed by atoms with Crippen molar-refractivity contribution in [2.24, 2.45) is 5.92 Å². The lowest BCUT2D eigenvalue weighted by Crippen LogP contribution is -2.48. The zero-order chi connectivity index (χ0) is 21.9. The molecule has 0 aromatic heterocycles. The molecule has 0 saturated heterocycles. The van der Waals surface area contributed by atoms with Crippen molar-refractivity contribution < 1.29 is 18.7 Å². The molecule has 0 aliphatic rings. The summed E-state index contributed by atoms with van der Waals surface area (Å²) < 4.78 is 18.5. The standard InChI is InChI=1S/C22H24FN3O3S/c1-15(2)13-14-29-19-10-6-17(7-11-19)21(28)25-26-22(30)24-20(27)12-5-16-3-8-18(23)9-4-16/h3-12,15H,13-14H2,1-2H3,(H,25,28)(H2,24,26,27,30)/b12-5+. The Bertz CT molecular complexity index is 897. The molecular formula is C22H24FN3O3S. The maximum atomic E-state index is 12.9. The summed E-state index contributed by atoms with van der Waals surface area (Å²) in [5.74, 6) is -0.0121. The minimum atomic E-state index is -0.492. The van der Waals surface area contributed by atoms with Crippen LogP contribution in [-0.4, -0.2) is 23.5 Å². The second-order valence-electron chi connectivity index (χ2n) is 6.84. The van der Waals surface area contributed by atoms with E-state index in [0.29, 0.717) is 29.4 Å². The number of halogens is 1. The summed E-state index contributed by atoms with van der Waals surface area (Å²) in [4.78, 5) is 24.0. The van der Waals surface area contributed by atoms with Crippen LogP contribution in [-0.2, 0) is 4.79 Å². The fourth-order valence-corrected chi connectivity index (χ4v) is 2.38. The highest BCUT2D eigenvalue weighted by Gasteiger charge is 2.07. The average molecular weight is 430 g/mol. The first-order chi connectivity index (χ1) is 14.3. The largest absolute Gasteiger partial charge is 0.494 e. The quantitative estimate of drug-likeness (QED) is 0.356. The van der Waals surface area contributed by atoms with Gasteiger partial charge < -0.3 is 4.74 Å². The molecule has 0 atom stereocenters. The van der Waals surface area contributed by atoms with Crippen molar-refractivity contribution in [1.82, 2.24) is 16.2 Å². The fraction of sp³-hybridized carbons (Fsp3) is 0.227. The minimum Gasteiger partial charge on any atom is -0.494 e. The molecule has 30 heavy (non-hydrogen) atoms. The van der Waals surface area contributed by atoms with Crippen LogP contribution in [0.2, 0.25) is 0 Å². The van der Waals surface area contributed by atoms with E-state index < -0.39 is 11.8 Å². The van der Waals surface area contributed by atoms with E-state index in [4.69, 9.17) is 17.0 Å². The number of carbonyl (C=O) groups excluding carboxylic acids is 2. The smallest absolute Gasteiger partial charge is 0.269 e. The number of ether oxygens (including phenoxy) is 1. The van der Waals surface area contributed by atoms with Gasteiger partial charge in [0.05, 0.1) is 6.61 Å². The predicted molar refractivity (Wildman–Crippen MR) is 118 cm³/mol. The van der Waals surface area contributed by atoms with E-state index in [9.17, 15) is 14.0 Å². The van der Waals surface area contributed by atoms with Gasteiger partial charge in [-0.05, 0) is 72.6 Å². The van der Waals surface area contributed by atoms with Gasteiger partial charge in [0.1, 0.15) is 11.6 Å². The lowest BCUT2D eigenvalue weighted by molar-refractivity contribution is -0.115. The van der Waals surface area contributed by atoms with E-state index >= 15 is 0 Å². The SMILES string of the molecule is CC(C)CCOc1ccc(C(=O)NNC(=S)NC(=O)/C=C/c2ccc(F)cc2)cc1. The van der Waals surface area contributed by atoms with E-state index in [0.717, 1.165) is 6.42 Å². The van der Waals surface area contributed by atoms with Crippen molar-refractivity contribution in [3.05, 3.63) is 71.6 Å². The topological polar surface area (TPSA) is 79.5 Å². The first-order valence-corrected chi connectivity index (χ1v) is 9.82. The molecule has 2 rings (SSSR count). The van der Waals surface area contributed by atoms with Crippen LogP contribution in [0.15, 0.2) is 54.6 Å². The summed E-state index contributed by atoms with van der Waals surface area (Å²) in [6, 6.07) is 12.4. The number of carbonyl (C=O) groups is 2. The second-order valence-corrected chi connectivity index (χ2v) is 7.25.